The summed E-state index contributed by atoms with van der Waals surface area (Å²) in [6.07, 6.45) is 1.84. The van der Waals surface area contributed by atoms with Gasteiger partial charge in [-0.15, -0.1) is 0 Å². The number of nitrogens with one attached hydrogen (secondary N) is 1. The van der Waals surface area contributed by atoms with Crippen LogP contribution in [0.1, 0.15) is 38.7 Å². The van der Waals surface area contributed by atoms with E-state index in [0.717, 1.165) is 6.07 Å². The highest BCUT2D eigenvalue weighted by Gasteiger charge is 2.47. The molecule has 0 radical (unpaired) electrons. The molecule has 0 atom stereocenters. The SMILES string of the molecule is CC(C)CC(=O)NC1(c2ccc(F)cc2F)CC1. The molecule has 98 valence electrons. The average Bonchev–Trinajstić information content (AvgIpc) is 2.96. The first kappa shape index (κ1) is 13.0. The van der Waals surface area contributed by atoms with E-state index in [1.165, 1.54) is 12.1 Å². The Morgan fingerprint density at radius 1 is 1.39 bits per heavy atom. The minimum absolute atomic E-state index is 0.0776. The number of rotatable bonds is 4. The second-order valence-corrected chi connectivity index (χ2v) is 5.35. The maximum Gasteiger partial charge on any atom is 0.220 e. The summed E-state index contributed by atoms with van der Waals surface area (Å²) >= 11 is 0. The molecule has 0 spiro atoms. The summed E-state index contributed by atoms with van der Waals surface area (Å²) in [5.41, 5.74) is -0.218. The number of carbonyl (C=O) groups excluding carboxylic acids is 1. The Kier molecular flexibility index (Phi) is 3.37. The highest BCUT2D eigenvalue weighted by molar-refractivity contribution is 5.77. The van der Waals surface area contributed by atoms with Crippen LogP contribution in [0, 0.1) is 17.6 Å². The van der Waals surface area contributed by atoms with Gasteiger partial charge in [0, 0.05) is 18.1 Å². The molecule has 0 aromatic heterocycles. The van der Waals surface area contributed by atoms with E-state index < -0.39 is 17.2 Å². The average molecular weight is 253 g/mol. The van der Waals surface area contributed by atoms with Gasteiger partial charge in [-0.3, -0.25) is 4.79 Å². The summed E-state index contributed by atoms with van der Waals surface area (Å²) in [7, 11) is 0. The van der Waals surface area contributed by atoms with Crippen molar-refractivity contribution in [3.05, 3.63) is 35.4 Å². The first-order chi connectivity index (χ1) is 8.43. The zero-order valence-electron chi connectivity index (χ0n) is 10.6. The second-order valence-electron chi connectivity index (χ2n) is 5.35. The van der Waals surface area contributed by atoms with Crippen molar-refractivity contribution < 1.29 is 13.6 Å². The number of halogens is 2. The Labute approximate surface area is 105 Å². The van der Waals surface area contributed by atoms with Gasteiger partial charge in [0.2, 0.25) is 5.91 Å². The minimum Gasteiger partial charge on any atom is -0.346 e. The van der Waals surface area contributed by atoms with Crippen LogP contribution in [0.25, 0.3) is 0 Å². The van der Waals surface area contributed by atoms with Crippen molar-refractivity contribution in [1.29, 1.82) is 0 Å². The third-order valence-corrected chi connectivity index (χ3v) is 3.17. The van der Waals surface area contributed by atoms with Crippen molar-refractivity contribution in [3.63, 3.8) is 0 Å². The van der Waals surface area contributed by atoms with Crippen LogP contribution in [-0.2, 0) is 10.3 Å². The van der Waals surface area contributed by atoms with E-state index in [9.17, 15) is 13.6 Å². The van der Waals surface area contributed by atoms with Crippen molar-refractivity contribution in [2.24, 2.45) is 5.92 Å². The van der Waals surface area contributed by atoms with Crippen LogP contribution in [0.5, 0.6) is 0 Å². The Bertz CT molecular complexity index is 467. The molecule has 0 heterocycles. The smallest absolute Gasteiger partial charge is 0.220 e. The lowest BCUT2D eigenvalue weighted by molar-refractivity contribution is -0.122. The van der Waals surface area contributed by atoms with Crippen LogP contribution < -0.4 is 5.32 Å². The van der Waals surface area contributed by atoms with Crippen molar-refractivity contribution in [1.82, 2.24) is 5.32 Å². The number of carbonyl (C=O) groups is 1. The zero-order valence-corrected chi connectivity index (χ0v) is 10.6. The van der Waals surface area contributed by atoms with E-state index in [4.69, 9.17) is 0 Å². The van der Waals surface area contributed by atoms with Crippen molar-refractivity contribution in [2.45, 2.75) is 38.6 Å². The van der Waals surface area contributed by atoms with Gasteiger partial charge in [-0.05, 0) is 24.8 Å². The van der Waals surface area contributed by atoms with Gasteiger partial charge >= 0.3 is 0 Å². The molecule has 1 aromatic carbocycles. The standard InChI is InChI=1S/C14H17F2NO/c1-9(2)7-13(18)17-14(5-6-14)11-4-3-10(15)8-12(11)16/h3-4,8-9H,5-7H2,1-2H3,(H,17,18). The van der Waals surface area contributed by atoms with Crippen LogP contribution in [0.15, 0.2) is 18.2 Å². The largest absolute Gasteiger partial charge is 0.346 e. The van der Waals surface area contributed by atoms with Crippen molar-refractivity contribution in [3.8, 4) is 0 Å². The summed E-state index contributed by atoms with van der Waals surface area (Å²) in [5, 5.41) is 2.87. The van der Waals surface area contributed by atoms with Gasteiger partial charge in [0.25, 0.3) is 0 Å². The van der Waals surface area contributed by atoms with Gasteiger partial charge in [-0.25, -0.2) is 8.78 Å². The van der Waals surface area contributed by atoms with E-state index in [1.54, 1.807) is 0 Å². The Hall–Kier alpha value is -1.45. The highest BCUT2D eigenvalue weighted by atomic mass is 19.1. The number of hydrogen-bond acceptors (Lipinski definition) is 1. The second kappa shape index (κ2) is 4.67. The topological polar surface area (TPSA) is 29.1 Å². The lowest BCUT2D eigenvalue weighted by atomic mass is 10.0. The molecule has 2 nitrogen and oxygen atoms in total. The van der Waals surface area contributed by atoms with Crippen molar-refractivity contribution >= 4 is 5.91 Å². The minimum atomic E-state index is -0.607. The quantitative estimate of drug-likeness (QED) is 0.877. The van der Waals surface area contributed by atoms with Gasteiger partial charge < -0.3 is 5.32 Å². The summed E-state index contributed by atoms with van der Waals surface area (Å²) in [4.78, 5) is 11.8. The molecule has 2 rings (SSSR count). The maximum absolute atomic E-state index is 13.7. The monoisotopic (exact) mass is 253 g/mol. The molecule has 1 amide bonds. The number of hydrogen-bond donors (Lipinski definition) is 1. The summed E-state index contributed by atoms with van der Waals surface area (Å²) in [6, 6.07) is 3.52. The van der Waals surface area contributed by atoms with E-state index in [-0.39, 0.29) is 11.8 Å². The van der Waals surface area contributed by atoms with Crippen LogP contribution in [-0.4, -0.2) is 5.91 Å². The summed E-state index contributed by atoms with van der Waals surface area (Å²) in [6.45, 7) is 3.91. The van der Waals surface area contributed by atoms with Crippen LogP contribution >= 0.6 is 0 Å². The van der Waals surface area contributed by atoms with E-state index in [2.05, 4.69) is 5.32 Å². The molecule has 0 unspecified atom stereocenters. The lowest BCUT2D eigenvalue weighted by Gasteiger charge is -2.19. The van der Waals surface area contributed by atoms with Crippen molar-refractivity contribution in [2.75, 3.05) is 0 Å². The molecule has 1 fully saturated rings. The molecule has 0 bridgehead atoms. The lowest BCUT2D eigenvalue weighted by Crippen LogP contribution is -2.36. The van der Waals surface area contributed by atoms with Gasteiger partial charge in [0.15, 0.2) is 0 Å². The molecule has 1 aliphatic rings. The van der Waals surface area contributed by atoms with E-state index in [0.29, 0.717) is 24.8 Å². The van der Waals surface area contributed by atoms with Gasteiger partial charge in [0.1, 0.15) is 11.6 Å². The molecule has 18 heavy (non-hydrogen) atoms. The summed E-state index contributed by atoms with van der Waals surface area (Å²) < 4.78 is 26.6. The van der Waals surface area contributed by atoms with Crippen LogP contribution in [0.4, 0.5) is 8.78 Å². The fraction of sp³-hybridized carbons (Fsp3) is 0.500. The molecule has 1 saturated carbocycles. The Morgan fingerprint density at radius 3 is 2.56 bits per heavy atom. The predicted molar refractivity (Wildman–Crippen MR) is 64.9 cm³/mol. The number of benzene rings is 1. The Morgan fingerprint density at radius 2 is 2.06 bits per heavy atom. The zero-order chi connectivity index (χ0) is 13.3. The third-order valence-electron chi connectivity index (χ3n) is 3.17. The maximum atomic E-state index is 13.7. The summed E-state index contributed by atoms with van der Waals surface area (Å²) in [5.74, 6) is -0.997. The number of amides is 1. The fourth-order valence-corrected chi connectivity index (χ4v) is 2.15. The molecule has 4 heteroatoms. The van der Waals surface area contributed by atoms with E-state index in [1.807, 2.05) is 13.8 Å². The first-order valence-electron chi connectivity index (χ1n) is 6.19. The molecule has 1 aliphatic carbocycles. The van der Waals surface area contributed by atoms with Crippen LogP contribution in [0.2, 0.25) is 0 Å². The Balaban J connectivity index is 2.14. The van der Waals surface area contributed by atoms with Gasteiger partial charge in [0.05, 0.1) is 5.54 Å². The molecule has 0 saturated heterocycles. The molecular weight excluding hydrogens is 236 g/mol. The fourth-order valence-electron chi connectivity index (χ4n) is 2.15. The predicted octanol–water partition coefficient (Wildman–Crippen LogP) is 3.12. The third kappa shape index (κ3) is 2.68. The van der Waals surface area contributed by atoms with Gasteiger partial charge in [-0.1, -0.05) is 19.9 Å². The molecule has 1 aromatic rings. The van der Waals surface area contributed by atoms with E-state index >= 15 is 0 Å². The highest BCUT2D eigenvalue weighted by Crippen LogP contribution is 2.46. The normalized spacial score (nSPS) is 16.7. The molecule has 1 N–H and O–H groups in total. The molecular formula is C14H17F2NO. The van der Waals surface area contributed by atoms with Gasteiger partial charge in [-0.2, -0.15) is 0 Å². The first-order valence-corrected chi connectivity index (χ1v) is 6.19. The van der Waals surface area contributed by atoms with Crippen LogP contribution in [0.3, 0.4) is 0 Å². The molecule has 0 aliphatic heterocycles.